The number of halogens is 3. The van der Waals surface area contributed by atoms with Crippen molar-refractivity contribution in [3.63, 3.8) is 0 Å². The average molecular weight is 272 g/mol. The lowest BCUT2D eigenvalue weighted by Crippen LogP contribution is -2.48. The molecule has 1 aromatic rings. The first-order valence-corrected chi connectivity index (χ1v) is 5.57. The minimum absolute atomic E-state index is 0.256. The predicted octanol–water partition coefficient (Wildman–Crippen LogP) is 1.92. The summed E-state index contributed by atoms with van der Waals surface area (Å²) in [5.41, 5.74) is 0.898. The SMILES string of the molecule is CC1C(=O)Nc2ccccc2CN1C(=O)C(F)(F)F. The molecule has 4 nitrogen and oxygen atoms in total. The highest BCUT2D eigenvalue weighted by atomic mass is 19.4. The first-order valence-electron chi connectivity index (χ1n) is 5.57. The van der Waals surface area contributed by atoms with E-state index in [9.17, 15) is 22.8 Å². The Hall–Kier alpha value is -2.05. The lowest BCUT2D eigenvalue weighted by atomic mass is 10.1. The molecule has 0 aliphatic carbocycles. The van der Waals surface area contributed by atoms with E-state index in [0.29, 0.717) is 16.2 Å². The Morgan fingerprint density at radius 2 is 2.00 bits per heavy atom. The minimum atomic E-state index is -4.99. The van der Waals surface area contributed by atoms with Gasteiger partial charge < -0.3 is 10.2 Å². The summed E-state index contributed by atoms with van der Waals surface area (Å²) < 4.78 is 37.6. The molecular formula is C12H11F3N2O2. The van der Waals surface area contributed by atoms with Gasteiger partial charge >= 0.3 is 12.1 Å². The van der Waals surface area contributed by atoms with E-state index in [-0.39, 0.29) is 6.54 Å². The van der Waals surface area contributed by atoms with E-state index in [4.69, 9.17) is 0 Å². The molecule has 7 heteroatoms. The molecule has 1 N–H and O–H groups in total. The second-order valence-electron chi connectivity index (χ2n) is 4.25. The Kier molecular flexibility index (Phi) is 3.21. The molecule has 2 amide bonds. The summed E-state index contributed by atoms with van der Waals surface area (Å²) in [6, 6.07) is 5.27. The van der Waals surface area contributed by atoms with Gasteiger partial charge in [-0.25, -0.2) is 0 Å². The van der Waals surface area contributed by atoms with E-state index >= 15 is 0 Å². The van der Waals surface area contributed by atoms with Gasteiger partial charge in [0.25, 0.3) is 0 Å². The van der Waals surface area contributed by atoms with Gasteiger partial charge in [0.1, 0.15) is 6.04 Å². The normalized spacial score (nSPS) is 19.5. The number of rotatable bonds is 0. The zero-order valence-corrected chi connectivity index (χ0v) is 9.99. The van der Waals surface area contributed by atoms with Crippen LogP contribution < -0.4 is 5.32 Å². The van der Waals surface area contributed by atoms with Crippen LogP contribution in [0.4, 0.5) is 18.9 Å². The Morgan fingerprint density at radius 3 is 2.63 bits per heavy atom. The number of alkyl halides is 3. The van der Waals surface area contributed by atoms with Gasteiger partial charge in [-0.1, -0.05) is 18.2 Å². The van der Waals surface area contributed by atoms with Crippen LogP contribution in [0.2, 0.25) is 0 Å². The maximum Gasteiger partial charge on any atom is 0.471 e. The molecule has 1 aliphatic rings. The van der Waals surface area contributed by atoms with Crippen LogP contribution in [-0.4, -0.2) is 28.9 Å². The summed E-state index contributed by atoms with van der Waals surface area (Å²) in [6.45, 7) is 1.01. The van der Waals surface area contributed by atoms with E-state index < -0.39 is 24.0 Å². The van der Waals surface area contributed by atoms with E-state index in [0.717, 1.165) is 0 Å². The molecule has 2 rings (SSSR count). The molecule has 0 aromatic heterocycles. The Bertz CT molecular complexity index is 528. The molecule has 0 saturated carbocycles. The highest BCUT2D eigenvalue weighted by molar-refractivity contribution is 5.99. The molecule has 1 heterocycles. The van der Waals surface area contributed by atoms with Gasteiger partial charge in [0.2, 0.25) is 5.91 Å². The lowest BCUT2D eigenvalue weighted by molar-refractivity contribution is -0.188. The summed E-state index contributed by atoms with van der Waals surface area (Å²) in [4.78, 5) is 23.6. The first kappa shape index (κ1) is 13.4. The maximum absolute atomic E-state index is 12.5. The summed E-state index contributed by atoms with van der Waals surface area (Å²) in [5, 5.41) is 2.51. The third-order valence-electron chi connectivity index (χ3n) is 2.97. The third kappa shape index (κ3) is 2.54. The first-order chi connectivity index (χ1) is 8.80. The number of benzene rings is 1. The van der Waals surface area contributed by atoms with Crippen molar-refractivity contribution in [3.8, 4) is 0 Å². The molecule has 0 radical (unpaired) electrons. The second-order valence-corrected chi connectivity index (χ2v) is 4.25. The van der Waals surface area contributed by atoms with Crippen LogP contribution >= 0.6 is 0 Å². The zero-order valence-electron chi connectivity index (χ0n) is 9.99. The van der Waals surface area contributed by atoms with Crippen molar-refractivity contribution in [2.24, 2.45) is 0 Å². The molecular weight excluding hydrogens is 261 g/mol. The zero-order chi connectivity index (χ0) is 14.2. The van der Waals surface area contributed by atoms with Crippen LogP contribution in [0.25, 0.3) is 0 Å². The molecule has 19 heavy (non-hydrogen) atoms. The number of hydrogen-bond donors (Lipinski definition) is 1. The second kappa shape index (κ2) is 4.56. The van der Waals surface area contributed by atoms with Gasteiger partial charge in [0, 0.05) is 12.2 Å². The number of amides is 2. The van der Waals surface area contributed by atoms with Crippen molar-refractivity contribution in [2.45, 2.75) is 25.7 Å². The van der Waals surface area contributed by atoms with Crippen molar-refractivity contribution >= 4 is 17.5 Å². The third-order valence-corrected chi connectivity index (χ3v) is 2.97. The minimum Gasteiger partial charge on any atom is -0.324 e. The van der Waals surface area contributed by atoms with Crippen molar-refractivity contribution < 1.29 is 22.8 Å². The topological polar surface area (TPSA) is 49.4 Å². The predicted molar refractivity (Wildman–Crippen MR) is 61.1 cm³/mol. The van der Waals surface area contributed by atoms with Crippen molar-refractivity contribution in [3.05, 3.63) is 29.8 Å². The molecule has 0 saturated heterocycles. The maximum atomic E-state index is 12.5. The van der Waals surface area contributed by atoms with Crippen LogP contribution in [0, 0.1) is 0 Å². The molecule has 1 aromatic carbocycles. The summed E-state index contributed by atoms with van der Waals surface area (Å²) in [7, 11) is 0. The van der Waals surface area contributed by atoms with Gasteiger partial charge in [-0.2, -0.15) is 13.2 Å². The molecule has 1 unspecified atom stereocenters. The van der Waals surface area contributed by atoms with E-state index in [1.807, 2.05) is 0 Å². The van der Waals surface area contributed by atoms with Gasteiger partial charge in [-0.05, 0) is 18.6 Å². The molecule has 0 fully saturated rings. The number of carbonyl (C=O) groups excluding carboxylic acids is 2. The van der Waals surface area contributed by atoms with Crippen molar-refractivity contribution in [1.29, 1.82) is 0 Å². The van der Waals surface area contributed by atoms with Gasteiger partial charge in [0.05, 0.1) is 0 Å². The van der Waals surface area contributed by atoms with Crippen LogP contribution in [0.1, 0.15) is 12.5 Å². The van der Waals surface area contributed by atoms with Crippen molar-refractivity contribution in [2.75, 3.05) is 5.32 Å². The molecule has 102 valence electrons. The largest absolute Gasteiger partial charge is 0.471 e. The number of carbonyl (C=O) groups is 2. The fourth-order valence-corrected chi connectivity index (χ4v) is 1.89. The Morgan fingerprint density at radius 1 is 1.37 bits per heavy atom. The number of nitrogens with one attached hydrogen (secondary N) is 1. The fraction of sp³-hybridized carbons (Fsp3) is 0.333. The smallest absolute Gasteiger partial charge is 0.324 e. The van der Waals surface area contributed by atoms with E-state index in [2.05, 4.69) is 5.32 Å². The number of anilines is 1. The molecule has 1 aliphatic heterocycles. The van der Waals surface area contributed by atoms with Crippen LogP contribution in [0.5, 0.6) is 0 Å². The highest BCUT2D eigenvalue weighted by Gasteiger charge is 2.45. The average Bonchev–Trinajstić information content (AvgIpc) is 2.46. The molecule has 0 spiro atoms. The standard InChI is InChI=1S/C12H11F3N2O2/c1-7-10(18)16-9-5-3-2-4-8(9)6-17(7)11(19)12(13,14)15/h2-5,7H,6H2,1H3,(H,16,18). The fourth-order valence-electron chi connectivity index (χ4n) is 1.89. The van der Waals surface area contributed by atoms with Gasteiger partial charge in [-0.3, -0.25) is 9.59 Å². The van der Waals surface area contributed by atoms with Crippen LogP contribution in [0.3, 0.4) is 0 Å². The summed E-state index contributed by atoms with van der Waals surface area (Å²) in [5.74, 6) is -2.64. The summed E-state index contributed by atoms with van der Waals surface area (Å²) >= 11 is 0. The monoisotopic (exact) mass is 272 g/mol. The lowest BCUT2D eigenvalue weighted by Gasteiger charge is -2.26. The van der Waals surface area contributed by atoms with E-state index in [1.54, 1.807) is 24.3 Å². The Labute approximate surface area is 107 Å². The van der Waals surface area contributed by atoms with Gasteiger partial charge in [-0.15, -0.1) is 0 Å². The number of nitrogens with zero attached hydrogens (tertiary/aromatic N) is 1. The quantitative estimate of drug-likeness (QED) is 0.784. The number of hydrogen-bond acceptors (Lipinski definition) is 2. The molecule has 1 atom stereocenters. The number of para-hydroxylation sites is 1. The van der Waals surface area contributed by atoms with E-state index in [1.165, 1.54) is 6.92 Å². The number of fused-ring (bicyclic) bond motifs is 1. The highest BCUT2D eigenvalue weighted by Crippen LogP contribution is 2.27. The van der Waals surface area contributed by atoms with Crippen molar-refractivity contribution in [1.82, 2.24) is 4.90 Å². The molecule has 0 bridgehead atoms. The van der Waals surface area contributed by atoms with Crippen LogP contribution in [0.15, 0.2) is 24.3 Å². The van der Waals surface area contributed by atoms with Gasteiger partial charge in [0.15, 0.2) is 0 Å². The summed E-state index contributed by atoms with van der Waals surface area (Å²) in [6.07, 6.45) is -4.99. The van der Waals surface area contributed by atoms with Crippen LogP contribution in [-0.2, 0) is 16.1 Å². The Balaban J connectivity index is 2.40.